The summed E-state index contributed by atoms with van der Waals surface area (Å²) in [5.74, 6) is 0.952. The molecule has 80 valence electrons. The summed E-state index contributed by atoms with van der Waals surface area (Å²) in [6.45, 7) is 0. The number of hydrogen-bond donors (Lipinski definition) is 0. The molecule has 0 aliphatic heterocycles. The molecule has 0 amide bonds. The van der Waals surface area contributed by atoms with Crippen LogP contribution in [0.4, 0.5) is 0 Å². The highest BCUT2D eigenvalue weighted by Gasteiger charge is 2.12. The predicted octanol–water partition coefficient (Wildman–Crippen LogP) is 3.28. The molecule has 0 saturated heterocycles. The molecule has 0 heterocycles. The van der Waals surface area contributed by atoms with Crippen LogP contribution in [0, 0.1) is 0 Å². The Morgan fingerprint density at radius 1 is 0.800 bits per heavy atom. The molecule has 1 saturated carbocycles. The smallest absolute Gasteiger partial charge is 0.0842 e. The van der Waals surface area contributed by atoms with E-state index in [1.165, 1.54) is 57.7 Å². The van der Waals surface area contributed by atoms with Crippen molar-refractivity contribution in [2.75, 3.05) is 0 Å². The molecule has 0 bridgehead atoms. The van der Waals surface area contributed by atoms with Gasteiger partial charge in [0.15, 0.2) is 7.28 Å². The number of rotatable bonds is 2. The third kappa shape index (κ3) is 3.73. The summed E-state index contributed by atoms with van der Waals surface area (Å²) in [6.07, 6.45) is 10.2. The van der Waals surface area contributed by atoms with Crippen molar-refractivity contribution in [1.82, 2.24) is 0 Å². The van der Waals surface area contributed by atoms with Gasteiger partial charge in [0.2, 0.25) is 0 Å². The van der Waals surface area contributed by atoms with Gasteiger partial charge in [0.25, 0.3) is 0 Å². The van der Waals surface area contributed by atoms with E-state index in [1.807, 2.05) is 0 Å². The van der Waals surface area contributed by atoms with Gasteiger partial charge in [-0.2, -0.15) is 0 Å². The van der Waals surface area contributed by atoms with Gasteiger partial charge >= 0.3 is 0 Å². The monoisotopic (exact) mass is 200 g/mol. The summed E-state index contributed by atoms with van der Waals surface area (Å²) >= 11 is 0. The van der Waals surface area contributed by atoms with Gasteiger partial charge in [-0.3, -0.25) is 0 Å². The van der Waals surface area contributed by atoms with Crippen LogP contribution in [0.25, 0.3) is 0 Å². The van der Waals surface area contributed by atoms with Gasteiger partial charge in [-0.15, -0.1) is 0 Å². The molecule has 1 aliphatic rings. The molecule has 0 N–H and O–H groups in total. The number of hydrogen-bond acceptors (Lipinski definition) is 0. The minimum atomic E-state index is 0.952. The normalized spacial score (nSPS) is 19.2. The van der Waals surface area contributed by atoms with Crippen LogP contribution in [-0.2, 0) is 0 Å². The first-order valence-corrected chi connectivity index (χ1v) is 6.49. The van der Waals surface area contributed by atoms with Crippen LogP contribution in [0.15, 0.2) is 30.3 Å². The lowest BCUT2D eigenvalue weighted by atomic mass is 9.56. The fourth-order valence-electron chi connectivity index (χ4n) is 2.69. The topological polar surface area (TPSA) is 0 Å². The van der Waals surface area contributed by atoms with Crippen LogP contribution < -0.4 is 5.46 Å². The first kappa shape index (κ1) is 10.8. The Morgan fingerprint density at radius 2 is 1.40 bits per heavy atom. The molecule has 15 heavy (non-hydrogen) atoms. The van der Waals surface area contributed by atoms with Crippen LogP contribution in [0.5, 0.6) is 0 Å². The minimum Gasteiger partial charge on any atom is -0.0842 e. The van der Waals surface area contributed by atoms with Crippen molar-refractivity contribution in [3.63, 3.8) is 0 Å². The Hall–Kier alpha value is -0.715. The highest BCUT2D eigenvalue weighted by atomic mass is 14.1. The van der Waals surface area contributed by atoms with E-state index in [0.29, 0.717) is 0 Å². The Morgan fingerprint density at radius 3 is 2.07 bits per heavy atom. The summed E-state index contributed by atoms with van der Waals surface area (Å²) in [5.41, 5.74) is 1.53. The molecule has 2 rings (SSSR count). The highest BCUT2D eigenvalue weighted by Crippen LogP contribution is 2.25. The van der Waals surface area contributed by atoms with Gasteiger partial charge in [-0.1, -0.05) is 86.6 Å². The van der Waals surface area contributed by atoms with Crippen LogP contribution in [0.3, 0.4) is 0 Å². The van der Waals surface area contributed by atoms with Crippen molar-refractivity contribution in [2.24, 2.45) is 0 Å². The van der Waals surface area contributed by atoms with Crippen LogP contribution in [-0.4, -0.2) is 7.28 Å². The number of benzene rings is 1. The van der Waals surface area contributed by atoms with Crippen LogP contribution in [0.2, 0.25) is 5.82 Å². The lowest BCUT2D eigenvalue weighted by molar-refractivity contribution is 0.502. The summed E-state index contributed by atoms with van der Waals surface area (Å²) in [4.78, 5) is 0. The van der Waals surface area contributed by atoms with E-state index in [1.54, 1.807) is 0 Å². The standard InChI is InChI=1S/C14H21B/c1-2-5-9-13(10-6-3-1)15-14-11-7-4-8-12-14/h4,7-8,11-13,15H,1-3,5-6,9-10H2. The van der Waals surface area contributed by atoms with Crippen molar-refractivity contribution in [2.45, 2.75) is 50.8 Å². The Labute approximate surface area is 94.3 Å². The quantitative estimate of drug-likeness (QED) is 0.642. The average Bonchev–Trinajstić information content (AvgIpc) is 2.23. The first-order valence-electron chi connectivity index (χ1n) is 6.49. The molecular formula is C14H21B. The summed E-state index contributed by atoms with van der Waals surface area (Å²) < 4.78 is 0. The van der Waals surface area contributed by atoms with Gasteiger partial charge in [0, 0.05) is 0 Å². The second kappa shape index (κ2) is 6.00. The van der Waals surface area contributed by atoms with Gasteiger partial charge in [-0.05, 0) is 0 Å². The van der Waals surface area contributed by atoms with Gasteiger partial charge in [0.1, 0.15) is 0 Å². The van der Waals surface area contributed by atoms with Crippen molar-refractivity contribution in [3.8, 4) is 0 Å². The maximum atomic E-state index is 2.28. The predicted molar refractivity (Wildman–Crippen MR) is 69.3 cm³/mol. The van der Waals surface area contributed by atoms with Crippen molar-refractivity contribution in [3.05, 3.63) is 30.3 Å². The summed E-state index contributed by atoms with van der Waals surface area (Å²) in [5, 5.41) is 0. The molecule has 0 radical (unpaired) electrons. The Kier molecular flexibility index (Phi) is 4.31. The fraction of sp³-hybridized carbons (Fsp3) is 0.571. The fourth-order valence-corrected chi connectivity index (χ4v) is 2.69. The average molecular weight is 200 g/mol. The molecule has 1 aromatic rings. The van der Waals surface area contributed by atoms with Crippen molar-refractivity contribution >= 4 is 12.7 Å². The lowest BCUT2D eigenvalue weighted by Crippen LogP contribution is -2.19. The highest BCUT2D eigenvalue weighted by molar-refractivity contribution is 6.54. The van der Waals surface area contributed by atoms with Gasteiger partial charge in [-0.25, -0.2) is 0 Å². The van der Waals surface area contributed by atoms with E-state index in [2.05, 4.69) is 30.3 Å². The zero-order chi connectivity index (χ0) is 10.3. The molecular weight excluding hydrogens is 179 g/mol. The van der Waals surface area contributed by atoms with E-state index in [9.17, 15) is 0 Å². The molecule has 0 aromatic heterocycles. The Bertz CT molecular complexity index is 260. The lowest BCUT2D eigenvalue weighted by Gasteiger charge is -2.18. The molecule has 1 heteroatoms. The third-order valence-electron chi connectivity index (χ3n) is 3.59. The summed E-state index contributed by atoms with van der Waals surface area (Å²) in [7, 11) is 1.31. The summed E-state index contributed by atoms with van der Waals surface area (Å²) in [6, 6.07) is 11.0. The maximum absolute atomic E-state index is 2.28. The second-order valence-corrected chi connectivity index (χ2v) is 4.90. The molecule has 1 aromatic carbocycles. The van der Waals surface area contributed by atoms with Gasteiger partial charge in [0.05, 0.1) is 0 Å². The largest absolute Gasteiger partial charge is 0.160 e. The molecule has 0 spiro atoms. The van der Waals surface area contributed by atoms with Crippen LogP contribution >= 0.6 is 0 Å². The van der Waals surface area contributed by atoms with Crippen molar-refractivity contribution in [1.29, 1.82) is 0 Å². The third-order valence-corrected chi connectivity index (χ3v) is 3.59. The first-order chi connectivity index (χ1) is 7.45. The molecule has 1 aliphatic carbocycles. The zero-order valence-corrected chi connectivity index (χ0v) is 9.62. The molecule has 0 unspecified atom stereocenters. The van der Waals surface area contributed by atoms with Gasteiger partial charge < -0.3 is 0 Å². The molecule has 1 fully saturated rings. The van der Waals surface area contributed by atoms with E-state index in [4.69, 9.17) is 0 Å². The van der Waals surface area contributed by atoms with E-state index in [0.717, 1.165) is 5.82 Å². The van der Waals surface area contributed by atoms with Crippen LogP contribution in [0.1, 0.15) is 44.9 Å². The Balaban J connectivity index is 1.86. The second-order valence-electron chi connectivity index (χ2n) is 4.90. The van der Waals surface area contributed by atoms with E-state index in [-0.39, 0.29) is 0 Å². The molecule has 0 nitrogen and oxygen atoms in total. The van der Waals surface area contributed by atoms with E-state index < -0.39 is 0 Å². The van der Waals surface area contributed by atoms with E-state index >= 15 is 0 Å². The van der Waals surface area contributed by atoms with Crippen molar-refractivity contribution < 1.29 is 0 Å². The molecule has 0 atom stereocenters. The zero-order valence-electron chi connectivity index (χ0n) is 9.62. The SMILES string of the molecule is B(c1ccccc1)C1CCCCCCC1. The maximum Gasteiger partial charge on any atom is 0.160 e. The minimum absolute atomic E-state index is 0.952.